The van der Waals surface area contributed by atoms with Gasteiger partial charge in [0.2, 0.25) is 5.91 Å². The van der Waals surface area contributed by atoms with Gasteiger partial charge in [-0.05, 0) is 62.7 Å². The molecule has 9 heteroatoms. The summed E-state index contributed by atoms with van der Waals surface area (Å²) in [7, 11) is 0. The zero-order valence-corrected chi connectivity index (χ0v) is 21.3. The number of carbonyl (C=O) groups is 2. The van der Waals surface area contributed by atoms with Crippen molar-refractivity contribution in [3.05, 3.63) is 59.8 Å². The van der Waals surface area contributed by atoms with Crippen molar-refractivity contribution in [3.8, 4) is 22.8 Å². The summed E-state index contributed by atoms with van der Waals surface area (Å²) < 4.78 is 13.2. The number of nitrogens with one attached hydrogen (secondary N) is 2. The first-order valence-electron chi connectivity index (χ1n) is 12.3. The van der Waals surface area contributed by atoms with Crippen molar-refractivity contribution < 1.29 is 19.1 Å². The highest BCUT2D eigenvalue weighted by atomic mass is 16.6. The number of nitrogens with zero attached hydrogens (tertiary/aromatic N) is 3. The van der Waals surface area contributed by atoms with Crippen molar-refractivity contribution in [2.45, 2.75) is 40.2 Å². The number of hydrogen-bond donors (Lipinski definition) is 2. The van der Waals surface area contributed by atoms with Gasteiger partial charge in [0.25, 0.3) is 5.91 Å². The van der Waals surface area contributed by atoms with Crippen molar-refractivity contribution >= 4 is 34.2 Å². The Labute approximate surface area is 214 Å². The van der Waals surface area contributed by atoms with Crippen LogP contribution < -0.4 is 20.1 Å². The van der Waals surface area contributed by atoms with Crippen LogP contribution in [0.2, 0.25) is 0 Å². The van der Waals surface area contributed by atoms with Crippen molar-refractivity contribution in [1.29, 1.82) is 0 Å². The van der Waals surface area contributed by atoms with Crippen LogP contribution in [0, 0.1) is 6.92 Å². The van der Waals surface area contributed by atoms with E-state index >= 15 is 0 Å². The summed E-state index contributed by atoms with van der Waals surface area (Å²) in [5.41, 5.74) is 4.60. The van der Waals surface area contributed by atoms with Gasteiger partial charge < -0.3 is 20.1 Å². The number of pyridine rings is 1. The standard InChI is InChI=1S/C28H29N5O4/c1-5-26(34)30-19-8-6-17(4)22(13-19)32-28(35)20-14-23(31-27-21(20)15-29-33(27)16(2)3)18-7-9-24-25(12-18)37-11-10-36-24/h6-9,12-16H,5,10-11H2,1-4H3,(H,30,34)(H,32,35). The second kappa shape index (κ2) is 9.93. The number of hydrogen-bond acceptors (Lipinski definition) is 6. The molecule has 0 saturated carbocycles. The van der Waals surface area contributed by atoms with E-state index in [9.17, 15) is 9.59 Å². The topological polar surface area (TPSA) is 107 Å². The summed E-state index contributed by atoms with van der Waals surface area (Å²) in [4.78, 5) is 30.4. The van der Waals surface area contributed by atoms with Crippen LogP contribution in [-0.4, -0.2) is 39.8 Å². The van der Waals surface area contributed by atoms with Gasteiger partial charge in [-0.2, -0.15) is 5.10 Å². The lowest BCUT2D eigenvalue weighted by atomic mass is 10.0. The molecule has 0 atom stereocenters. The van der Waals surface area contributed by atoms with Gasteiger partial charge in [0, 0.05) is 29.4 Å². The van der Waals surface area contributed by atoms with E-state index in [0.29, 0.717) is 64.8 Å². The Balaban J connectivity index is 1.56. The molecular weight excluding hydrogens is 470 g/mol. The molecule has 0 bridgehead atoms. The molecule has 2 N–H and O–H groups in total. The predicted octanol–water partition coefficient (Wildman–Crippen LogP) is 5.36. The van der Waals surface area contributed by atoms with Crippen LogP contribution in [0.5, 0.6) is 11.5 Å². The average molecular weight is 500 g/mol. The third kappa shape index (κ3) is 4.84. The average Bonchev–Trinajstić information content (AvgIpc) is 3.34. The Morgan fingerprint density at radius 3 is 2.57 bits per heavy atom. The fourth-order valence-corrected chi connectivity index (χ4v) is 4.21. The lowest BCUT2D eigenvalue weighted by Crippen LogP contribution is -2.16. The first-order chi connectivity index (χ1) is 17.8. The molecule has 0 fully saturated rings. The summed E-state index contributed by atoms with van der Waals surface area (Å²) in [6, 6.07) is 12.9. The predicted molar refractivity (Wildman–Crippen MR) is 142 cm³/mol. The smallest absolute Gasteiger partial charge is 0.256 e. The first-order valence-corrected chi connectivity index (χ1v) is 12.3. The number of carbonyl (C=O) groups excluding carboxylic acids is 2. The molecular formula is C28H29N5O4. The molecule has 4 aromatic rings. The van der Waals surface area contributed by atoms with Crippen molar-refractivity contribution in [3.63, 3.8) is 0 Å². The highest BCUT2D eigenvalue weighted by Gasteiger charge is 2.21. The molecule has 2 aromatic carbocycles. The van der Waals surface area contributed by atoms with E-state index in [1.165, 1.54) is 0 Å². The Bertz CT molecular complexity index is 1510. The molecule has 37 heavy (non-hydrogen) atoms. The van der Waals surface area contributed by atoms with Crippen LogP contribution in [0.4, 0.5) is 11.4 Å². The highest BCUT2D eigenvalue weighted by Crippen LogP contribution is 2.35. The minimum atomic E-state index is -0.295. The summed E-state index contributed by atoms with van der Waals surface area (Å²) in [5.74, 6) is 0.945. The van der Waals surface area contributed by atoms with E-state index in [1.807, 2.05) is 51.1 Å². The van der Waals surface area contributed by atoms with E-state index in [2.05, 4.69) is 15.7 Å². The molecule has 2 aromatic heterocycles. The minimum Gasteiger partial charge on any atom is -0.486 e. The Morgan fingerprint density at radius 2 is 1.81 bits per heavy atom. The maximum absolute atomic E-state index is 13.7. The van der Waals surface area contributed by atoms with E-state index in [0.717, 1.165) is 11.1 Å². The van der Waals surface area contributed by atoms with Gasteiger partial charge in [0.15, 0.2) is 17.1 Å². The van der Waals surface area contributed by atoms with Crippen LogP contribution in [0.3, 0.4) is 0 Å². The van der Waals surface area contributed by atoms with Crippen LogP contribution in [0.25, 0.3) is 22.3 Å². The summed E-state index contributed by atoms with van der Waals surface area (Å²) in [6.07, 6.45) is 2.04. The van der Waals surface area contributed by atoms with Crippen LogP contribution >= 0.6 is 0 Å². The fourth-order valence-electron chi connectivity index (χ4n) is 4.21. The molecule has 0 spiro atoms. The molecule has 0 aliphatic carbocycles. The molecule has 2 amide bonds. The Morgan fingerprint density at radius 1 is 1.03 bits per heavy atom. The van der Waals surface area contributed by atoms with Crippen LogP contribution in [-0.2, 0) is 4.79 Å². The Kier molecular flexibility index (Phi) is 6.52. The SMILES string of the molecule is CCC(=O)Nc1ccc(C)c(NC(=O)c2cc(-c3ccc4c(c3)OCCO4)nc3c2cnn3C(C)C)c1. The maximum Gasteiger partial charge on any atom is 0.256 e. The molecule has 1 aliphatic rings. The molecule has 1 aliphatic heterocycles. The van der Waals surface area contributed by atoms with E-state index in [-0.39, 0.29) is 17.9 Å². The van der Waals surface area contributed by atoms with Crippen molar-refractivity contribution in [2.24, 2.45) is 0 Å². The number of fused-ring (bicyclic) bond motifs is 2. The van der Waals surface area contributed by atoms with Crippen molar-refractivity contribution in [1.82, 2.24) is 14.8 Å². The van der Waals surface area contributed by atoms with Gasteiger partial charge >= 0.3 is 0 Å². The molecule has 0 unspecified atom stereocenters. The molecule has 5 rings (SSSR count). The minimum absolute atomic E-state index is 0.0533. The zero-order valence-electron chi connectivity index (χ0n) is 21.3. The Hall–Kier alpha value is -4.40. The zero-order chi connectivity index (χ0) is 26.1. The summed E-state index contributed by atoms with van der Waals surface area (Å²) in [6.45, 7) is 8.72. The van der Waals surface area contributed by atoms with Gasteiger partial charge in [-0.3, -0.25) is 9.59 Å². The van der Waals surface area contributed by atoms with E-state index < -0.39 is 0 Å². The lowest BCUT2D eigenvalue weighted by molar-refractivity contribution is -0.115. The summed E-state index contributed by atoms with van der Waals surface area (Å²) >= 11 is 0. The summed E-state index contributed by atoms with van der Waals surface area (Å²) in [5, 5.41) is 11.0. The van der Waals surface area contributed by atoms with E-state index in [1.54, 1.807) is 29.9 Å². The van der Waals surface area contributed by atoms with Gasteiger partial charge in [-0.25, -0.2) is 9.67 Å². The normalized spacial score (nSPS) is 12.6. The van der Waals surface area contributed by atoms with Crippen LogP contribution in [0.15, 0.2) is 48.7 Å². The number of aryl methyl sites for hydroxylation is 1. The second-order valence-electron chi connectivity index (χ2n) is 9.22. The monoisotopic (exact) mass is 499 g/mol. The highest BCUT2D eigenvalue weighted by molar-refractivity contribution is 6.13. The molecule has 0 saturated heterocycles. The third-order valence-electron chi connectivity index (χ3n) is 6.23. The largest absolute Gasteiger partial charge is 0.486 e. The number of aromatic nitrogens is 3. The fraction of sp³-hybridized carbons (Fsp3) is 0.286. The maximum atomic E-state index is 13.7. The van der Waals surface area contributed by atoms with Gasteiger partial charge in [-0.1, -0.05) is 13.0 Å². The first kappa shape index (κ1) is 24.3. The molecule has 190 valence electrons. The number of benzene rings is 2. The molecule has 0 radical (unpaired) electrons. The lowest BCUT2D eigenvalue weighted by Gasteiger charge is -2.19. The van der Waals surface area contributed by atoms with Crippen molar-refractivity contribution in [2.75, 3.05) is 23.8 Å². The molecule has 3 heterocycles. The number of anilines is 2. The van der Waals surface area contributed by atoms with Gasteiger partial charge in [0.05, 0.1) is 22.8 Å². The van der Waals surface area contributed by atoms with Crippen LogP contribution in [0.1, 0.15) is 49.2 Å². The third-order valence-corrected chi connectivity index (χ3v) is 6.23. The molecule has 9 nitrogen and oxygen atoms in total. The number of ether oxygens (including phenoxy) is 2. The number of rotatable bonds is 6. The van der Waals surface area contributed by atoms with Gasteiger partial charge in [0.1, 0.15) is 13.2 Å². The quantitative estimate of drug-likeness (QED) is 0.370. The van der Waals surface area contributed by atoms with Gasteiger partial charge in [-0.15, -0.1) is 0 Å². The van der Waals surface area contributed by atoms with E-state index in [4.69, 9.17) is 14.5 Å². The number of amides is 2. The second-order valence-corrected chi connectivity index (χ2v) is 9.22.